The van der Waals surface area contributed by atoms with E-state index in [4.69, 9.17) is 0 Å². The third kappa shape index (κ3) is 2.95. The van der Waals surface area contributed by atoms with Crippen LogP contribution in [0.2, 0.25) is 0 Å². The highest BCUT2D eigenvalue weighted by Gasteiger charge is 2.34. The van der Waals surface area contributed by atoms with Crippen LogP contribution in [-0.2, 0) is 4.79 Å². The van der Waals surface area contributed by atoms with Crippen LogP contribution in [0.5, 0.6) is 0 Å². The van der Waals surface area contributed by atoms with Gasteiger partial charge in [0.15, 0.2) is 11.5 Å². The second kappa shape index (κ2) is 4.51. The van der Waals surface area contributed by atoms with Crippen LogP contribution in [0.4, 0.5) is 8.78 Å². The van der Waals surface area contributed by atoms with Crippen molar-refractivity contribution in [2.24, 2.45) is 0 Å². The summed E-state index contributed by atoms with van der Waals surface area (Å²) in [6.45, 7) is 2.27. The standard InChI is InChI=1S/C12H12F2O2/c1-8(15)7-12(2,14)11(16)9-3-5-10(13)6-4-9/h3-6H,7H2,1-2H3/t12-/m1/s1. The summed E-state index contributed by atoms with van der Waals surface area (Å²) in [6.07, 6.45) is -0.469. The average Bonchev–Trinajstić information content (AvgIpc) is 2.16. The van der Waals surface area contributed by atoms with E-state index < -0.39 is 29.5 Å². The van der Waals surface area contributed by atoms with Crippen molar-refractivity contribution in [3.05, 3.63) is 35.6 Å². The molecule has 0 aromatic heterocycles. The molecule has 0 N–H and O–H groups in total. The molecular weight excluding hydrogens is 214 g/mol. The van der Waals surface area contributed by atoms with Crippen LogP contribution >= 0.6 is 0 Å². The summed E-state index contributed by atoms with van der Waals surface area (Å²) in [7, 11) is 0. The molecule has 1 rings (SSSR count). The van der Waals surface area contributed by atoms with Crippen LogP contribution in [0.3, 0.4) is 0 Å². The van der Waals surface area contributed by atoms with E-state index in [-0.39, 0.29) is 5.56 Å². The van der Waals surface area contributed by atoms with Crippen molar-refractivity contribution in [3.8, 4) is 0 Å². The summed E-state index contributed by atoms with van der Waals surface area (Å²) in [5, 5.41) is 0. The lowest BCUT2D eigenvalue weighted by atomic mass is 9.92. The van der Waals surface area contributed by atoms with E-state index in [1.165, 1.54) is 19.1 Å². The smallest absolute Gasteiger partial charge is 0.200 e. The number of hydrogen-bond donors (Lipinski definition) is 0. The lowest BCUT2D eigenvalue weighted by molar-refractivity contribution is -0.118. The molecule has 0 amide bonds. The maximum absolute atomic E-state index is 13.9. The molecule has 0 saturated carbocycles. The summed E-state index contributed by atoms with van der Waals surface area (Å²) in [5.74, 6) is -1.70. The molecule has 1 atom stereocenters. The molecular formula is C12H12F2O2. The van der Waals surface area contributed by atoms with E-state index in [2.05, 4.69) is 0 Å². The monoisotopic (exact) mass is 226 g/mol. The second-order valence-corrected chi connectivity index (χ2v) is 3.91. The minimum Gasteiger partial charge on any atom is -0.300 e. The molecule has 0 aliphatic heterocycles. The molecule has 0 aliphatic rings. The van der Waals surface area contributed by atoms with Crippen molar-refractivity contribution in [2.45, 2.75) is 25.9 Å². The molecule has 2 nitrogen and oxygen atoms in total. The Hall–Kier alpha value is -1.58. The SMILES string of the molecule is CC(=O)C[C@@](C)(F)C(=O)c1ccc(F)cc1. The fourth-order valence-corrected chi connectivity index (χ4v) is 1.45. The Bertz CT molecular complexity index is 408. The summed E-state index contributed by atoms with van der Waals surface area (Å²) in [4.78, 5) is 22.5. The number of alkyl halides is 1. The summed E-state index contributed by atoms with van der Waals surface area (Å²) < 4.78 is 26.5. The molecule has 0 aliphatic carbocycles. The van der Waals surface area contributed by atoms with Gasteiger partial charge in [0.1, 0.15) is 11.6 Å². The Morgan fingerprint density at radius 2 is 1.75 bits per heavy atom. The molecule has 86 valence electrons. The van der Waals surface area contributed by atoms with Crippen molar-refractivity contribution < 1.29 is 18.4 Å². The Balaban J connectivity index is 2.93. The van der Waals surface area contributed by atoms with Gasteiger partial charge in [-0.25, -0.2) is 8.78 Å². The Labute approximate surface area is 92.3 Å². The maximum atomic E-state index is 13.9. The van der Waals surface area contributed by atoms with Crippen LogP contribution in [0.25, 0.3) is 0 Å². The first-order valence-electron chi connectivity index (χ1n) is 4.81. The van der Waals surface area contributed by atoms with E-state index in [0.29, 0.717) is 0 Å². The largest absolute Gasteiger partial charge is 0.300 e. The number of rotatable bonds is 4. The van der Waals surface area contributed by atoms with Gasteiger partial charge in [-0.2, -0.15) is 0 Å². The number of hydrogen-bond acceptors (Lipinski definition) is 2. The lowest BCUT2D eigenvalue weighted by Gasteiger charge is -2.17. The fraction of sp³-hybridized carbons (Fsp3) is 0.333. The Kier molecular flexibility index (Phi) is 3.52. The third-order valence-corrected chi connectivity index (χ3v) is 2.16. The van der Waals surface area contributed by atoms with E-state index in [9.17, 15) is 18.4 Å². The first kappa shape index (κ1) is 12.5. The maximum Gasteiger partial charge on any atom is 0.200 e. The Morgan fingerprint density at radius 1 is 1.25 bits per heavy atom. The number of carbonyl (C=O) groups excluding carboxylic acids is 2. The molecule has 0 heterocycles. The summed E-state index contributed by atoms with van der Waals surface area (Å²) in [6, 6.07) is 4.57. The minimum absolute atomic E-state index is 0.0626. The molecule has 0 unspecified atom stereocenters. The minimum atomic E-state index is -2.23. The second-order valence-electron chi connectivity index (χ2n) is 3.91. The van der Waals surface area contributed by atoms with Gasteiger partial charge in [-0.3, -0.25) is 9.59 Å². The van der Waals surface area contributed by atoms with Crippen molar-refractivity contribution >= 4 is 11.6 Å². The van der Waals surface area contributed by atoms with E-state index in [1.54, 1.807) is 0 Å². The van der Waals surface area contributed by atoms with Gasteiger partial charge in [-0.15, -0.1) is 0 Å². The van der Waals surface area contributed by atoms with E-state index >= 15 is 0 Å². The zero-order valence-electron chi connectivity index (χ0n) is 9.09. The molecule has 0 spiro atoms. The van der Waals surface area contributed by atoms with Gasteiger partial charge in [-0.1, -0.05) is 0 Å². The normalized spacial score (nSPS) is 14.2. The number of carbonyl (C=O) groups is 2. The van der Waals surface area contributed by atoms with Crippen LogP contribution < -0.4 is 0 Å². The van der Waals surface area contributed by atoms with Crippen molar-refractivity contribution in [1.82, 2.24) is 0 Å². The van der Waals surface area contributed by atoms with Crippen molar-refractivity contribution in [1.29, 1.82) is 0 Å². The number of benzene rings is 1. The topological polar surface area (TPSA) is 34.1 Å². The van der Waals surface area contributed by atoms with Gasteiger partial charge in [0.25, 0.3) is 0 Å². The van der Waals surface area contributed by atoms with Crippen LogP contribution in [0.1, 0.15) is 30.6 Å². The quantitative estimate of drug-likeness (QED) is 0.740. The van der Waals surface area contributed by atoms with Crippen LogP contribution in [0.15, 0.2) is 24.3 Å². The summed E-state index contributed by atoms with van der Waals surface area (Å²) >= 11 is 0. The van der Waals surface area contributed by atoms with Gasteiger partial charge < -0.3 is 0 Å². The van der Waals surface area contributed by atoms with Gasteiger partial charge in [0.05, 0.1) is 0 Å². The molecule has 1 aromatic carbocycles. The molecule has 0 fully saturated rings. The molecule has 0 bridgehead atoms. The molecule has 0 saturated heterocycles. The predicted molar refractivity (Wildman–Crippen MR) is 55.5 cm³/mol. The molecule has 16 heavy (non-hydrogen) atoms. The fourth-order valence-electron chi connectivity index (χ4n) is 1.45. The van der Waals surface area contributed by atoms with Crippen LogP contribution in [-0.4, -0.2) is 17.2 Å². The van der Waals surface area contributed by atoms with E-state index in [0.717, 1.165) is 19.1 Å². The molecule has 1 aromatic rings. The number of halogens is 2. The zero-order valence-corrected chi connectivity index (χ0v) is 9.09. The Morgan fingerprint density at radius 3 is 2.19 bits per heavy atom. The molecule has 4 heteroatoms. The number of Topliss-reactive ketones (excluding diaryl/α,β-unsaturated/α-hetero) is 2. The summed E-state index contributed by atoms with van der Waals surface area (Å²) in [5.41, 5.74) is -2.17. The lowest BCUT2D eigenvalue weighted by Crippen LogP contribution is -2.32. The molecule has 0 radical (unpaired) electrons. The highest BCUT2D eigenvalue weighted by atomic mass is 19.1. The predicted octanol–water partition coefficient (Wildman–Crippen LogP) is 2.72. The van der Waals surface area contributed by atoms with Crippen molar-refractivity contribution in [2.75, 3.05) is 0 Å². The van der Waals surface area contributed by atoms with Gasteiger partial charge in [0.2, 0.25) is 0 Å². The van der Waals surface area contributed by atoms with Gasteiger partial charge >= 0.3 is 0 Å². The first-order chi connectivity index (χ1) is 7.33. The third-order valence-electron chi connectivity index (χ3n) is 2.16. The van der Waals surface area contributed by atoms with Gasteiger partial charge in [0, 0.05) is 12.0 Å². The van der Waals surface area contributed by atoms with E-state index in [1.807, 2.05) is 0 Å². The zero-order chi connectivity index (χ0) is 12.3. The average molecular weight is 226 g/mol. The van der Waals surface area contributed by atoms with Crippen LogP contribution in [0, 0.1) is 5.82 Å². The first-order valence-corrected chi connectivity index (χ1v) is 4.81. The highest BCUT2D eigenvalue weighted by molar-refractivity contribution is 6.04. The highest BCUT2D eigenvalue weighted by Crippen LogP contribution is 2.22. The van der Waals surface area contributed by atoms with Gasteiger partial charge in [-0.05, 0) is 38.1 Å². The number of ketones is 2. The van der Waals surface area contributed by atoms with Crippen molar-refractivity contribution in [3.63, 3.8) is 0 Å².